The van der Waals surface area contributed by atoms with Crippen molar-refractivity contribution in [2.75, 3.05) is 12.4 Å². The van der Waals surface area contributed by atoms with Crippen molar-refractivity contribution in [2.24, 2.45) is 0 Å². The van der Waals surface area contributed by atoms with Gasteiger partial charge in [0.2, 0.25) is 0 Å². The number of nitrogens with one attached hydrogen (secondary N) is 1. The van der Waals surface area contributed by atoms with Gasteiger partial charge in [0, 0.05) is 10.2 Å². The molecule has 0 fully saturated rings. The number of ether oxygens (including phenoxy) is 1. The number of carbonyl (C=O) groups is 1. The fourth-order valence-corrected chi connectivity index (χ4v) is 2.08. The Morgan fingerprint density at radius 2 is 2.05 bits per heavy atom. The van der Waals surface area contributed by atoms with Crippen molar-refractivity contribution in [1.29, 1.82) is 0 Å². The van der Waals surface area contributed by atoms with Crippen LogP contribution >= 0.6 is 27.5 Å². The van der Waals surface area contributed by atoms with Gasteiger partial charge in [-0.05, 0) is 36.4 Å². The van der Waals surface area contributed by atoms with Gasteiger partial charge in [-0.3, -0.25) is 4.79 Å². The van der Waals surface area contributed by atoms with Crippen LogP contribution in [0.3, 0.4) is 0 Å². The van der Waals surface area contributed by atoms with E-state index in [0.717, 1.165) is 10.5 Å². The Hall–Kier alpha value is -1.59. The molecule has 1 amide bonds. The molecule has 0 bridgehead atoms. The van der Waals surface area contributed by atoms with Crippen molar-refractivity contribution in [2.45, 2.75) is 0 Å². The molecule has 20 heavy (non-hydrogen) atoms. The summed E-state index contributed by atoms with van der Waals surface area (Å²) < 4.78 is 19.3. The maximum Gasteiger partial charge on any atom is 0.259 e. The Bertz CT molecular complexity index is 664. The van der Waals surface area contributed by atoms with Gasteiger partial charge in [0.15, 0.2) is 0 Å². The van der Waals surface area contributed by atoms with Gasteiger partial charge in [-0.2, -0.15) is 0 Å². The van der Waals surface area contributed by atoms with Crippen LogP contribution in [0.25, 0.3) is 0 Å². The third-order valence-corrected chi connectivity index (χ3v) is 3.39. The quantitative estimate of drug-likeness (QED) is 0.877. The minimum absolute atomic E-state index is 0.00391. The zero-order valence-electron chi connectivity index (χ0n) is 10.4. The number of hydrogen-bond donors (Lipinski definition) is 1. The zero-order valence-corrected chi connectivity index (χ0v) is 12.8. The van der Waals surface area contributed by atoms with Crippen LogP contribution in [0.15, 0.2) is 40.9 Å². The molecular weight excluding hydrogens is 349 g/mol. The Kier molecular flexibility index (Phi) is 4.62. The smallest absolute Gasteiger partial charge is 0.259 e. The first kappa shape index (κ1) is 14.8. The fraction of sp³-hybridized carbons (Fsp3) is 0.0714. The summed E-state index contributed by atoms with van der Waals surface area (Å²) >= 11 is 8.88. The minimum Gasteiger partial charge on any atom is -0.496 e. The zero-order chi connectivity index (χ0) is 14.7. The Labute approximate surface area is 128 Å². The fourth-order valence-electron chi connectivity index (χ4n) is 1.62. The molecule has 2 aromatic rings. The van der Waals surface area contributed by atoms with Crippen molar-refractivity contribution in [3.8, 4) is 5.75 Å². The van der Waals surface area contributed by atoms with Gasteiger partial charge < -0.3 is 10.1 Å². The molecule has 0 aliphatic heterocycles. The molecule has 0 aromatic heterocycles. The van der Waals surface area contributed by atoms with E-state index in [9.17, 15) is 9.18 Å². The van der Waals surface area contributed by atoms with E-state index in [0.29, 0.717) is 17.0 Å². The van der Waals surface area contributed by atoms with Crippen LogP contribution in [-0.2, 0) is 0 Å². The lowest BCUT2D eigenvalue weighted by Gasteiger charge is -2.10. The standard InChI is InChI=1S/C14H10BrClFNO2/c1-20-13-6-8(15)2-4-10(13)14(19)18-9-3-5-11(16)12(17)7-9/h2-7H,1H3,(H,18,19). The number of rotatable bonds is 3. The summed E-state index contributed by atoms with van der Waals surface area (Å²) in [7, 11) is 1.47. The molecule has 0 unspecified atom stereocenters. The van der Waals surface area contributed by atoms with Crippen LogP contribution < -0.4 is 10.1 Å². The predicted octanol–water partition coefficient (Wildman–Crippen LogP) is 4.50. The lowest BCUT2D eigenvalue weighted by molar-refractivity contribution is 0.102. The summed E-state index contributed by atoms with van der Waals surface area (Å²) in [5.41, 5.74) is 0.674. The topological polar surface area (TPSA) is 38.3 Å². The highest BCUT2D eigenvalue weighted by Gasteiger charge is 2.13. The highest BCUT2D eigenvalue weighted by Crippen LogP contribution is 2.25. The molecule has 0 radical (unpaired) electrons. The second kappa shape index (κ2) is 6.24. The van der Waals surface area contributed by atoms with Crippen molar-refractivity contribution in [1.82, 2.24) is 0 Å². The molecule has 0 heterocycles. The van der Waals surface area contributed by atoms with Gasteiger partial charge >= 0.3 is 0 Å². The number of halogens is 3. The first-order chi connectivity index (χ1) is 9.51. The van der Waals surface area contributed by atoms with E-state index < -0.39 is 11.7 Å². The number of benzene rings is 2. The Balaban J connectivity index is 2.25. The Morgan fingerprint density at radius 1 is 1.30 bits per heavy atom. The van der Waals surface area contributed by atoms with E-state index in [1.165, 1.54) is 19.2 Å². The van der Waals surface area contributed by atoms with E-state index in [1.54, 1.807) is 18.2 Å². The summed E-state index contributed by atoms with van der Waals surface area (Å²) in [4.78, 5) is 12.1. The second-order valence-electron chi connectivity index (χ2n) is 3.93. The van der Waals surface area contributed by atoms with Gasteiger partial charge in [-0.1, -0.05) is 27.5 Å². The highest BCUT2D eigenvalue weighted by molar-refractivity contribution is 9.10. The third kappa shape index (κ3) is 3.29. The van der Waals surface area contributed by atoms with Gasteiger partial charge in [0.05, 0.1) is 17.7 Å². The second-order valence-corrected chi connectivity index (χ2v) is 5.25. The van der Waals surface area contributed by atoms with Crippen LogP contribution in [0.2, 0.25) is 5.02 Å². The van der Waals surface area contributed by atoms with Crippen LogP contribution in [0.4, 0.5) is 10.1 Å². The first-order valence-electron chi connectivity index (χ1n) is 5.61. The van der Waals surface area contributed by atoms with E-state index in [2.05, 4.69) is 21.2 Å². The van der Waals surface area contributed by atoms with Crippen LogP contribution in [0.1, 0.15) is 10.4 Å². The number of amides is 1. The molecule has 2 aromatic carbocycles. The van der Waals surface area contributed by atoms with Crippen LogP contribution in [-0.4, -0.2) is 13.0 Å². The number of anilines is 1. The third-order valence-electron chi connectivity index (χ3n) is 2.59. The van der Waals surface area contributed by atoms with Gasteiger partial charge in [0.1, 0.15) is 11.6 Å². The van der Waals surface area contributed by atoms with E-state index in [4.69, 9.17) is 16.3 Å². The summed E-state index contributed by atoms with van der Waals surface area (Å²) in [6, 6.07) is 9.08. The normalized spacial score (nSPS) is 10.2. The summed E-state index contributed by atoms with van der Waals surface area (Å²) in [6.45, 7) is 0. The van der Waals surface area contributed by atoms with Crippen molar-refractivity contribution in [3.05, 3.63) is 57.3 Å². The Morgan fingerprint density at radius 3 is 2.70 bits per heavy atom. The summed E-state index contributed by atoms with van der Waals surface area (Å²) in [6.07, 6.45) is 0. The molecule has 0 aliphatic carbocycles. The molecule has 6 heteroatoms. The molecule has 0 saturated carbocycles. The van der Waals surface area contributed by atoms with Crippen molar-refractivity contribution in [3.63, 3.8) is 0 Å². The van der Waals surface area contributed by atoms with Crippen LogP contribution in [0, 0.1) is 5.82 Å². The molecule has 0 spiro atoms. The van der Waals surface area contributed by atoms with Gasteiger partial charge in [-0.15, -0.1) is 0 Å². The number of carbonyl (C=O) groups excluding carboxylic acids is 1. The molecule has 2 rings (SSSR count). The van der Waals surface area contributed by atoms with Gasteiger partial charge in [0.25, 0.3) is 5.91 Å². The lowest BCUT2D eigenvalue weighted by Crippen LogP contribution is -2.13. The molecule has 104 valence electrons. The average Bonchev–Trinajstić information content (AvgIpc) is 2.42. The summed E-state index contributed by atoms with van der Waals surface area (Å²) in [5.74, 6) is -0.561. The first-order valence-corrected chi connectivity index (χ1v) is 6.78. The molecule has 0 saturated heterocycles. The lowest BCUT2D eigenvalue weighted by atomic mass is 10.2. The minimum atomic E-state index is -0.591. The van der Waals surface area contributed by atoms with E-state index in [1.807, 2.05) is 0 Å². The maximum atomic E-state index is 13.3. The number of methoxy groups -OCH3 is 1. The molecule has 3 nitrogen and oxygen atoms in total. The monoisotopic (exact) mass is 357 g/mol. The SMILES string of the molecule is COc1cc(Br)ccc1C(=O)Nc1ccc(Cl)c(F)c1. The van der Waals surface area contributed by atoms with Crippen molar-refractivity contribution < 1.29 is 13.9 Å². The average molecular weight is 359 g/mol. The van der Waals surface area contributed by atoms with Crippen LogP contribution in [0.5, 0.6) is 5.75 Å². The molecule has 0 aliphatic rings. The summed E-state index contributed by atoms with van der Waals surface area (Å²) in [5, 5.41) is 2.59. The van der Waals surface area contributed by atoms with E-state index in [-0.39, 0.29) is 5.02 Å². The maximum absolute atomic E-state index is 13.3. The predicted molar refractivity (Wildman–Crippen MR) is 80.1 cm³/mol. The van der Waals surface area contributed by atoms with E-state index >= 15 is 0 Å². The highest BCUT2D eigenvalue weighted by atomic mass is 79.9. The van der Waals surface area contributed by atoms with Gasteiger partial charge in [-0.25, -0.2) is 4.39 Å². The van der Waals surface area contributed by atoms with Crippen molar-refractivity contribution >= 4 is 39.1 Å². The molecular formula is C14H10BrClFNO2. The largest absolute Gasteiger partial charge is 0.496 e. The number of hydrogen-bond acceptors (Lipinski definition) is 2. The molecule has 1 N–H and O–H groups in total. The molecule has 0 atom stereocenters.